The number of carbonyl (C=O) groups excluding carboxylic acids is 2. The van der Waals surface area contributed by atoms with Crippen LogP contribution in [0.3, 0.4) is 0 Å². The van der Waals surface area contributed by atoms with Crippen molar-refractivity contribution in [2.24, 2.45) is 11.3 Å². The summed E-state index contributed by atoms with van der Waals surface area (Å²) in [5, 5.41) is 14.4. The molecule has 6 nitrogen and oxygen atoms in total. The van der Waals surface area contributed by atoms with Gasteiger partial charge in [-0.1, -0.05) is 60.3 Å². The molecule has 0 aromatic carbocycles. The van der Waals surface area contributed by atoms with Crippen LogP contribution in [0, 0.1) is 11.3 Å². The standard InChI is InChI=1S/C19H36N2O4/c1-14(2)10-8-6-7-9-11-20-16(22)12-15(18(24)25)21-17(23)13-19(3,4)5/h14-15H,6-13H2,1-5H3,(H,20,22)(H,21,23)(H,24,25)/t15-/m1/s1. The van der Waals surface area contributed by atoms with Crippen LogP contribution in [-0.4, -0.2) is 35.5 Å². The Morgan fingerprint density at radius 3 is 2.08 bits per heavy atom. The van der Waals surface area contributed by atoms with E-state index in [1.807, 2.05) is 20.8 Å². The van der Waals surface area contributed by atoms with Crippen LogP contribution in [0.4, 0.5) is 0 Å². The second kappa shape index (κ2) is 11.9. The molecule has 0 aromatic rings. The molecule has 0 fully saturated rings. The van der Waals surface area contributed by atoms with Gasteiger partial charge in [0.25, 0.3) is 0 Å². The maximum absolute atomic E-state index is 11.9. The van der Waals surface area contributed by atoms with E-state index in [4.69, 9.17) is 0 Å². The van der Waals surface area contributed by atoms with Gasteiger partial charge in [-0.15, -0.1) is 0 Å². The fraction of sp³-hybridized carbons (Fsp3) is 0.842. The fourth-order valence-corrected chi connectivity index (χ4v) is 2.44. The SMILES string of the molecule is CC(C)CCCCCCNC(=O)C[C@@H](NC(=O)CC(C)(C)C)C(=O)O. The highest BCUT2D eigenvalue weighted by Crippen LogP contribution is 2.18. The Morgan fingerprint density at radius 2 is 1.56 bits per heavy atom. The van der Waals surface area contributed by atoms with E-state index in [0.29, 0.717) is 6.54 Å². The highest BCUT2D eigenvalue weighted by atomic mass is 16.4. The Labute approximate surface area is 152 Å². The van der Waals surface area contributed by atoms with Crippen LogP contribution in [0.5, 0.6) is 0 Å². The van der Waals surface area contributed by atoms with Crippen LogP contribution in [0.15, 0.2) is 0 Å². The molecule has 2 amide bonds. The van der Waals surface area contributed by atoms with Gasteiger partial charge < -0.3 is 15.7 Å². The molecule has 146 valence electrons. The zero-order chi connectivity index (χ0) is 19.5. The Bertz CT molecular complexity index is 428. The molecule has 0 aromatic heterocycles. The Kier molecular flexibility index (Phi) is 11.1. The summed E-state index contributed by atoms with van der Waals surface area (Å²) in [6.07, 6.45) is 5.49. The van der Waals surface area contributed by atoms with Crippen molar-refractivity contribution in [3.05, 3.63) is 0 Å². The molecule has 0 saturated carbocycles. The van der Waals surface area contributed by atoms with Gasteiger partial charge in [-0.2, -0.15) is 0 Å². The number of hydrogen-bond acceptors (Lipinski definition) is 3. The first kappa shape index (κ1) is 23.4. The summed E-state index contributed by atoms with van der Waals surface area (Å²) in [4.78, 5) is 35.0. The van der Waals surface area contributed by atoms with Crippen LogP contribution in [0.25, 0.3) is 0 Å². The number of hydrogen-bond donors (Lipinski definition) is 3. The number of carboxylic acids is 1. The van der Waals surface area contributed by atoms with Gasteiger partial charge in [0.05, 0.1) is 6.42 Å². The van der Waals surface area contributed by atoms with Crippen molar-refractivity contribution >= 4 is 17.8 Å². The number of carboxylic acid groups (broad SMARTS) is 1. The molecule has 0 heterocycles. The van der Waals surface area contributed by atoms with E-state index >= 15 is 0 Å². The molecule has 0 aliphatic rings. The minimum absolute atomic E-state index is 0.217. The van der Waals surface area contributed by atoms with Crippen LogP contribution in [0.1, 0.15) is 79.6 Å². The zero-order valence-corrected chi connectivity index (χ0v) is 16.5. The normalized spacial score (nSPS) is 12.7. The molecule has 0 saturated heterocycles. The van der Waals surface area contributed by atoms with Crippen LogP contribution in [-0.2, 0) is 14.4 Å². The maximum Gasteiger partial charge on any atom is 0.326 e. The highest BCUT2D eigenvalue weighted by molar-refractivity contribution is 5.88. The van der Waals surface area contributed by atoms with Crippen molar-refractivity contribution in [1.29, 1.82) is 0 Å². The first-order chi connectivity index (χ1) is 11.5. The van der Waals surface area contributed by atoms with Crippen molar-refractivity contribution in [2.45, 2.75) is 85.6 Å². The number of amides is 2. The second-order valence-corrected chi connectivity index (χ2v) is 8.35. The lowest BCUT2D eigenvalue weighted by atomic mass is 9.92. The van der Waals surface area contributed by atoms with Crippen molar-refractivity contribution in [3.63, 3.8) is 0 Å². The third-order valence-electron chi connectivity index (χ3n) is 3.74. The Balaban J connectivity index is 4.05. The molecule has 6 heteroatoms. The van der Waals surface area contributed by atoms with Gasteiger partial charge in [0.1, 0.15) is 6.04 Å². The lowest BCUT2D eigenvalue weighted by molar-refractivity contribution is -0.143. The van der Waals surface area contributed by atoms with Gasteiger partial charge in [0.2, 0.25) is 11.8 Å². The number of aliphatic carboxylic acids is 1. The summed E-state index contributed by atoms with van der Waals surface area (Å²) in [6.45, 7) is 10.7. The first-order valence-corrected chi connectivity index (χ1v) is 9.30. The van der Waals surface area contributed by atoms with Gasteiger partial charge >= 0.3 is 5.97 Å². The van der Waals surface area contributed by atoms with Crippen molar-refractivity contribution in [2.75, 3.05) is 6.54 Å². The van der Waals surface area contributed by atoms with E-state index in [0.717, 1.165) is 25.2 Å². The lowest BCUT2D eigenvalue weighted by Gasteiger charge is -2.20. The van der Waals surface area contributed by atoms with E-state index in [-0.39, 0.29) is 30.1 Å². The summed E-state index contributed by atoms with van der Waals surface area (Å²) in [5.74, 6) is -1.16. The number of unbranched alkanes of at least 4 members (excludes halogenated alkanes) is 3. The van der Waals surface area contributed by atoms with Crippen LogP contribution < -0.4 is 10.6 Å². The number of carbonyl (C=O) groups is 3. The molecule has 0 aliphatic carbocycles. The van der Waals surface area contributed by atoms with Crippen molar-refractivity contribution in [3.8, 4) is 0 Å². The van der Waals surface area contributed by atoms with Gasteiger partial charge in [-0.05, 0) is 17.8 Å². The van der Waals surface area contributed by atoms with Crippen LogP contribution >= 0.6 is 0 Å². The average molecular weight is 357 g/mol. The number of nitrogens with one attached hydrogen (secondary N) is 2. The van der Waals surface area contributed by atoms with E-state index in [1.165, 1.54) is 12.8 Å². The molecule has 0 bridgehead atoms. The van der Waals surface area contributed by atoms with Gasteiger partial charge in [0, 0.05) is 13.0 Å². The molecule has 0 radical (unpaired) electrons. The minimum Gasteiger partial charge on any atom is -0.480 e. The molecule has 0 unspecified atom stereocenters. The zero-order valence-electron chi connectivity index (χ0n) is 16.5. The van der Waals surface area contributed by atoms with E-state index < -0.39 is 12.0 Å². The highest BCUT2D eigenvalue weighted by Gasteiger charge is 2.25. The summed E-state index contributed by atoms with van der Waals surface area (Å²) >= 11 is 0. The third-order valence-corrected chi connectivity index (χ3v) is 3.74. The van der Waals surface area contributed by atoms with Gasteiger partial charge in [0.15, 0.2) is 0 Å². The van der Waals surface area contributed by atoms with Crippen molar-refractivity contribution < 1.29 is 19.5 Å². The largest absolute Gasteiger partial charge is 0.480 e. The summed E-state index contributed by atoms with van der Waals surface area (Å²) in [5.41, 5.74) is -0.231. The third kappa shape index (κ3) is 14.5. The fourth-order valence-electron chi connectivity index (χ4n) is 2.44. The van der Waals surface area contributed by atoms with E-state index in [2.05, 4.69) is 24.5 Å². The van der Waals surface area contributed by atoms with E-state index in [1.54, 1.807) is 0 Å². The van der Waals surface area contributed by atoms with Gasteiger partial charge in [-0.25, -0.2) is 4.79 Å². The predicted octanol–water partition coefficient (Wildman–Crippen LogP) is 3.10. The smallest absolute Gasteiger partial charge is 0.326 e. The molecule has 3 N–H and O–H groups in total. The molecular formula is C19H36N2O4. The average Bonchev–Trinajstić information content (AvgIpc) is 2.43. The maximum atomic E-state index is 11.9. The first-order valence-electron chi connectivity index (χ1n) is 9.30. The molecule has 25 heavy (non-hydrogen) atoms. The molecule has 0 aliphatic heterocycles. The Morgan fingerprint density at radius 1 is 0.960 bits per heavy atom. The predicted molar refractivity (Wildman–Crippen MR) is 99.2 cm³/mol. The minimum atomic E-state index is -1.19. The number of rotatable bonds is 12. The topological polar surface area (TPSA) is 95.5 Å². The van der Waals surface area contributed by atoms with Crippen LogP contribution in [0.2, 0.25) is 0 Å². The van der Waals surface area contributed by atoms with Gasteiger partial charge in [-0.3, -0.25) is 9.59 Å². The monoisotopic (exact) mass is 356 g/mol. The molecule has 0 spiro atoms. The molecule has 0 rings (SSSR count). The molecule has 1 atom stereocenters. The Hall–Kier alpha value is -1.59. The summed E-state index contributed by atoms with van der Waals surface area (Å²) in [6, 6.07) is -1.18. The molecular weight excluding hydrogens is 320 g/mol. The quantitative estimate of drug-likeness (QED) is 0.468. The van der Waals surface area contributed by atoms with Crippen molar-refractivity contribution in [1.82, 2.24) is 10.6 Å². The summed E-state index contributed by atoms with van der Waals surface area (Å²) in [7, 11) is 0. The second-order valence-electron chi connectivity index (χ2n) is 8.35. The summed E-state index contributed by atoms with van der Waals surface area (Å²) < 4.78 is 0. The van der Waals surface area contributed by atoms with E-state index in [9.17, 15) is 19.5 Å². The lowest BCUT2D eigenvalue weighted by Crippen LogP contribution is -2.45.